The number of ether oxygens (including phenoxy) is 1. The van der Waals surface area contributed by atoms with Crippen LogP contribution in [0.2, 0.25) is 0 Å². The highest BCUT2D eigenvalue weighted by molar-refractivity contribution is 5.71. The second kappa shape index (κ2) is 7.10. The second-order valence-electron chi connectivity index (χ2n) is 1.62. The van der Waals surface area contributed by atoms with Crippen molar-refractivity contribution in [2.75, 3.05) is 19.8 Å². The van der Waals surface area contributed by atoms with Crippen LogP contribution in [0.15, 0.2) is 5.18 Å². The van der Waals surface area contributed by atoms with Crippen LogP contribution in [0, 0.1) is 4.91 Å². The number of nitrogens with zero attached hydrogens (tertiary/aromatic N) is 1. The summed E-state index contributed by atoms with van der Waals surface area (Å²) in [5.74, 6) is -0.370. The maximum Gasteiger partial charge on any atom is 0.321 e. The van der Waals surface area contributed by atoms with Crippen molar-refractivity contribution in [2.24, 2.45) is 5.18 Å². The van der Waals surface area contributed by atoms with Gasteiger partial charge in [0.1, 0.15) is 13.2 Å². The third kappa shape index (κ3) is 6.88. The Hall–Kier alpha value is -1.01. The molecule has 0 atom stereocenters. The minimum Gasteiger partial charge on any atom is -0.465 e. The zero-order valence-electron chi connectivity index (χ0n) is 6.29. The van der Waals surface area contributed by atoms with Crippen molar-refractivity contribution >= 4 is 5.97 Å². The SMILES string of the molecule is CCOC(=O)CNNCN=O. The summed E-state index contributed by atoms with van der Waals surface area (Å²) in [6.07, 6.45) is 0. The van der Waals surface area contributed by atoms with E-state index < -0.39 is 0 Å². The van der Waals surface area contributed by atoms with E-state index >= 15 is 0 Å². The predicted octanol–water partition coefficient (Wildman–Crippen LogP) is -0.632. The van der Waals surface area contributed by atoms with Gasteiger partial charge < -0.3 is 4.74 Å². The van der Waals surface area contributed by atoms with Gasteiger partial charge >= 0.3 is 5.97 Å². The average molecular weight is 161 g/mol. The summed E-state index contributed by atoms with van der Waals surface area (Å²) < 4.78 is 4.57. The molecule has 0 fully saturated rings. The van der Waals surface area contributed by atoms with Gasteiger partial charge in [-0.05, 0) is 6.92 Å². The van der Waals surface area contributed by atoms with Gasteiger partial charge in [0.25, 0.3) is 0 Å². The van der Waals surface area contributed by atoms with Gasteiger partial charge in [0.05, 0.1) is 6.61 Å². The van der Waals surface area contributed by atoms with E-state index in [4.69, 9.17) is 0 Å². The molecule has 0 spiro atoms. The summed E-state index contributed by atoms with van der Waals surface area (Å²) in [6, 6.07) is 0. The summed E-state index contributed by atoms with van der Waals surface area (Å²) in [4.78, 5) is 20.1. The van der Waals surface area contributed by atoms with Crippen molar-refractivity contribution < 1.29 is 9.53 Å². The molecule has 0 aliphatic carbocycles. The Labute approximate surface area is 64.2 Å². The van der Waals surface area contributed by atoms with E-state index in [1.165, 1.54) is 0 Å². The lowest BCUT2D eigenvalue weighted by atomic mass is 10.7. The van der Waals surface area contributed by atoms with Crippen molar-refractivity contribution in [3.63, 3.8) is 0 Å². The zero-order chi connectivity index (χ0) is 8.53. The first kappa shape index (κ1) is 9.99. The lowest BCUT2D eigenvalue weighted by Crippen LogP contribution is -2.36. The number of nitrogens with one attached hydrogen (secondary N) is 2. The Morgan fingerprint density at radius 2 is 2.27 bits per heavy atom. The average Bonchev–Trinajstić information content (AvgIpc) is 1.99. The monoisotopic (exact) mass is 161 g/mol. The van der Waals surface area contributed by atoms with Crippen LogP contribution >= 0.6 is 0 Å². The fourth-order valence-corrected chi connectivity index (χ4v) is 0.435. The number of nitroso groups, excluding NO2 is 1. The highest BCUT2D eigenvalue weighted by Gasteiger charge is 1.97. The Morgan fingerprint density at radius 1 is 1.55 bits per heavy atom. The summed E-state index contributed by atoms with van der Waals surface area (Å²) in [7, 11) is 0. The van der Waals surface area contributed by atoms with Crippen LogP contribution in [-0.2, 0) is 9.53 Å². The maximum absolute atomic E-state index is 10.6. The highest BCUT2D eigenvalue weighted by Crippen LogP contribution is 1.72. The van der Waals surface area contributed by atoms with Gasteiger partial charge in [-0.15, -0.1) is 4.91 Å². The van der Waals surface area contributed by atoms with E-state index in [2.05, 4.69) is 20.8 Å². The number of hydrogen-bond donors (Lipinski definition) is 2. The Morgan fingerprint density at radius 3 is 2.82 bits per heavy atom. The Balaban J connectivity index is 3.10. The van der Waals surface area contributed by atoms with Gasteiger partial charge in [0.15, 0.2) is 0 Å². The quantitative estimate of drug-likeness (QED) is 0.234. The van der Waals surface area contributed by atoms with Crippen molar-refractivity contribution in [1.29, 1.82) is 0 Å². The molecule has 0 bridgehead atoms. The molecule has 0 amide bonds. The fourth-order valence-electron chi connectivity index (χ4n) is 0.435. The minimum absolute atomic E-state index is 0.0311. The summed E-state index contributed by atoms with van der Waals surface area (Å²) in [5, 5.41) is 2.50. The van der Waals surface area contributed by atoms with Gasteiger partial charge in [-0.1, -0.05) is 5.18 Å². The van der Waals surface area contributed by atoms with Crippen LogP contribution in [0.4, 0.5) is 0 Å². The minimum atomic E-state index is -0.370. The maximum atomic E-state index is 10.6. The van der Waals surface area contributed by atoms with Crippen molar-refractivity contribution in [3.05, 3.63) is 4.91 Å². The molecule has 0 rings (SSSR count). The van der Waals surface area contributed by atoms with Crippen LogP contribution in [-0.4, -0.2) is 25.8 Å². The van der Waals surface area contributed by atoms with Crippen molar-refractivity contribution in [2.45, 2.75) is 6.92 Å². The van der Waals surface area contributed by atoms with E-state index in [-0.39, 0.29) is 19.2 Å². The van der Waals surface area contributed by atoms with E-state index in [9.17, 15) is 9.70 Å². The number of hydrazine groups is 1. The summed E-state index contributed by atoms with van der Waals surface area (Å²) in [6.45, 7) is 2.04. The lowest BCUT2D eigenvalue weighted by molar-refractivity contribution is -0.142. The molecule has 0 saturated heterocycles. The smallest absolute Gasteiger partial charge is 0.321 e. The first-order chi connectivity index (χ1) is 5.31. The van der Waals surface area contributed by atoms with Gasteiger partial charge in [-0.2, -0.15) is 0 Å². The normalized spacial score (nSPS) is 9.18. The molecule has 11 heavy (non-hydrogen) atoms. The number of hydrogen-bond acceptors (Lipinski definition) is 6. The van der Waals surface area contributed by atoms with Gasteiger partial charge in [0.2, 0.25) is 0 Å². The molecule has 0 aromatic heterocycles. The molecule has 0 aromatic rings. The van der Waals surface area contributed by atoms with E-state index in [0.29, 0.717) is 6.61 Å². The molecular formula is C5H11N3O3. The molecule has 0 aromatic carbocycles. The molecule has 6 nitrogen and oxygen atoms in total. The molecule has 6 heteroatoms. The highest BCUT2D eigenvalue weighted by atomic mass is 16.5. The van der Waals surface area contributed by atoms with Crippen LogP contribution in [0.5, 0.6) is 0 Å². The molecule has 0 aliphatic rings. The third-order valence-electron chi connectivity index (χ3n) is 0.807. The molecule has 0 saturated carbocycles. The van der Waals surface area contributed by atoms with Crippen LogP contribution in [0.25, 0.3) is 0 Å². The molecule has 0 aliphatic heterocycles. The standard InChI is InChI=1S/C5H11N3O3/c1-2-11-5(9)3-6-7-4-8-10/h6-7H,2-4H2,1H3. The number of carbonyl (C=O) groups is 1. The fraction of sp³-hybridized carbons (Fsp3) is 0.800. The zero-order valence-corrected chi connectivity index (χ0v) is 6.29. The first-order valence-electron chi connectivity index (χ1n) is 3.21. The molecule has 0 heterocycles. The topological polar surface area (TPSA) is 79.8 Å². The number of carbonyl (C=O) groups excluding carboxylic acids is 1. The third-order valence-corrected chi connectivity index (χ3v) is 0.807. The van der Waals surface area contributed by atoms with Crippen LogP contribution in [0.3, 0.4) is 0 Å². The predicted molar refractivity (Wildman–Crippen MR) is 38.4 cm³/mol. The summed E-state index contributed by atoms with van der Waals surface area (Å²) in [5.41, 5.74) is 4.85. The molecule has 2 N–H and O–H groups in total. The van der Waals surface area contributed by atoms with E-state index in [1.807, 2.05) is 0 Å². The largest absolute Gasteiger partial charge is 0.465 e. The van der Waals surface area contributed by atoms with Gasteiger partial charge in [-0.25, -0.2) is 10.9 Å². The molecule has 64 valence electrons. The molecule has 0 unspecified atom stereocenters. The number of esters is 1. The Kier molecular flexibility index (Phi) is 6.45. The van der Waals surface area contributed by atoms with E-state index in [1.54, 1.807) is 6.92 Å². The molecule has 0 radical (unpaired) electrons. The number of rotatable bonds is 6. The Bertz CT molecular complexity index is 128. The van der Waals surface area contributed by atoms with Crippen LogP contribution in [0.1, 0.15) is 6.92 Å². The van der Waals surface area contributed by atoms with E-state index in [0.717, 1.165) is 0 Å². The second-order valence-corrected chi connectivity index (χ2v) is 1.62. The van der Waals surface area contributed by atoms with Gasteiger partial charge in [0, 0.05) is 0 Å². The molecular weight excluding hydrogens is 150 g/mol. The summed E-state index contributed by atoms with van der Waals surface area (Å²) >= 11 is 0. The lowest BCUT2D eigenvalue weighted by Gasteiger charge is -2.02. The van der Waals surface area contributed by atoms with Crippen molar-refractivity contribution in [3.8, 4) is 0 Å². The van der Waals surface area contributed by atoms with Crippen molar-refractivity contribution in [1.82, 2.24) is 10.9 Å². The van der Waals surface area contributed by atoms with Crippen LogP contribution < -0.4 is 10.9 Å². The first-order valence-corrected chi connectivity index (χ1v) is 3.21. The van der Waals surface area contributed by atoms with Gasteiger partial charge in [-0.3, -0.25) is 4.79 Å².